The molecular formula is C15H20N8O. The zero-order chi connectivity index (χ0) is 16.7. The molecule has 3 aromatic heterocycles. The number of anilines is 1. The first-order valence-corrected chi connectivity index (χ1v) is 7.91. The normalized spacial score (nSPS) is 19.6. The fourth-order valence-electron chi connectivity index (χ4n) is 3.43. The number of tetrazole rings is 1. The highest BCUT2D eigenvalue weighted by Gasteiger charge is 2.50. The minimum Gasteiger partial charge on any atom is -0.383 e. The number of imidazole rings is 1. The van der Waals surface area contributed by atoms with Gasteiger partial charge in [0.25, 0.3) is 0 Å². The molecule has 1 saturated heterocycles. The van der Waals surface area contributed by atoms with Gasteiger partial charge >= 0.3 is 0 Å². The highest BCUT2D eigenvalue weighted by molar-refractivity contribution is 5.65. The standard InChI is InChI=1S/C15H20N8O/c1-15(2)10-22(13-14-18-19-20-23(14)7-5-17-13)11(15)12-16-4-6-21(12)8-9-24-3/h4-7,11H,8-10H2,1-3H3. The number of hydrogen-bond donors (Lipinski definition) is 0. The first-order valence-electron chi connectivity index (χ1n) is 7.91. The Labute approximate surface area is 139 Å². The summed E-state index contributed by atoms with van der Waals surface area (Å²) in [5.74, 6) is 1.80. The van der Waals surface area contributed by atoms with Gasteiger partial charge in [0, 0.05) is 44.2 Å². The summed E-state index contributed by atoms with van der Waals surface area (Å²) >= 11 is 0. The van der Waals surface area contributed by atoms with E-state index in [1.54, 1.807) is 24.0 Å². The van der Waals surface area contributed by atoms with E-state index >= 15 is 0 Å². The summed E-state index contributed by atoms with van der Waals surface area (Å²) in [6, 6.07) is 0.111. The molecule has 0 aromatic carbocycles. The SMILES string of the molecule is COCCn1ccnc1C1N(c2nccn3nnnc23)CC1(C)C. The predicted octanol–water partition coefficient (Wildman–Crippen LogP) is 0.950. The second-order valence-electron chi connectivity index (χ2n) is 6.69. The number of aromatic nitrogens is 7. The van der Waals surface area contributed by atoms with Crippen molar-refractivity contribution >= 4 is 11.5 Å². The van der Waals surface area contributed by atoms with Gasteiger partial charge in [-0.3, -0.25) is 0 Å². The summed E-state index contributed by atoms with van der Waals surface area (Å²) in [4.78, 5) is 11.3. The Kier molecular flexibility index (Phi) is 3.45. The molecule has 0 amide bonds. The molecule has 4 rings (SSSR count). The van der Waals surface area contributed by atoms with E-state index < -0.39 is 0 Å². The Hall–Kier alpha value is -2.55. The van der Waals surface area contributed by atoms with E-state index in [0.29, 0.717) is 12.3 Å². The summed E-state index contributed by atoms with van der Waals surface area (Å²) in [7, 11) is 1.71. The third-order valence-electron chi connectivity index (χ3n) is 4.53. The zero-order valence-electron chi connectivity index (χ0n) is 14.0. The van der Waals surface area contributed by atoms with E-state index in [2.05, 4.69) is 48.8 Å². The van der Waals surface area contributed by atoms with Gasteiger partial charge in [-0.1, -0.05) is 13.8 Å². The van der Waals surface area contributed by atoms with Crippen LogP contribution in [-0.4, -0.2) is 54.8 Å². The molecule has 0 aliphatic carbocycles. The van der Waals surface area contributed by atoms with Gasteiger partial charge in [0.2, 0.25) is 5.65 Å². The molecule has 9 heteroatoms. The average Bonchev–Trinajstić information content (AvgIpc) is 3.19. The van der Waals surface area contributed by atoms with Gasteiger partial charge in [0.1, 0.15) is 5.82 Å². The second kappa shape index (κ2) is 5.52. The number of rotatable bonds is 5. The van der Waals surface area contributed by atoms with Crippen LogP contribution in [0.15, 0.2) is 24.8 Å². The number of ether oxygens (including phenoxy) is 1. The largest absolute Gasteiger partial charge is 0.383 e. The molecule has 0 bridgehead atoms. The molecule has 1 atom stereocenters. The average molecular weight is 328 g/mol. The predicted molar refractivity (Wildman–Crippen MR) is 86.5 cm³/mol. The van der Waals surface area contributed by atoms with Crippen LogP contribution in [-0.2, 0) is 11.3 Å². The van der Waals surface area contributed by atoms with E-state index in [0.717, 1.165) is 24.7 Å². The van der Waals surface area contributed by atoms with Crippen molar-refractivity contribution in [3.8, 4) is 0 Å². The van der Waals surface area contributed by atoms with E-state index in [1.807, 2.05) is 12.4 Å². The van der Waals surface area contributed by atoms with Crippen molar-refractivity contribution in [2.24, 2.45) is 5.41 Å². The van der Waals surface area contributed by atoms with Crippen LogP contribution in [0, 0.1) is 5.41 Å². The second-order valence-corrected chi connectivity index (χ2v) is 6.69. The number of fused-ring (bicyclic) bond motifs is 1. The molecule has 3 aromatic rings. The highest BCUT2D eigenvalue weighted by Crippen LogP contribution is 2.49. The highest BCUT2D eigenvalue weighted by atomic mass is 16.5. The van der Waals surface area contributed by atoms with Crippen LogP contribution in [0.5, 0.6) is 0 Å². The van der Waals surface area contributed by atoms with Gasteiger partial charge < -0.3 is 14.2 Å². The minimum absolute atomic E-state index is 0.0815. The Bertz CT molecular complexity index is 854. The molecule has 24 heavy (non-hydrogen) atoms. The van der Waals surface area contributed by atoms with E-state index in [9.17, 15) is 0 Å². The summed E-state index contributed by atoms with van der Waals surface area (Å²) in [6.45, 7) is 6.78. The van der Waals surface area contributed by atoms with Crippen LogP contribution in [0.4, 0.5) is 5.82 Å². The lowest BCUT2D eigenvalue weighted by Gasteiger charge is -2.54. The van der Waals surface area contributed by atoms with E-state index in [4.69, 9.17) is 4.74 Å². The maximum absolute atomic E-state index is 5.21. The fourth-order valence-corrected chi connectivity index (χ4v) is 3.43. The monoisotopic (exact) mass is 328 g/mol. The molecule has 0 radical (unpaired) electrons. The lowest BCUT2D eigenvalue weighted by molar-refractivity contribution is 0.156. The van der Waals surface area contributed by atoms with Gasteiger partial charge in [-0.15, -0.1) is 5.10 Å². The molecule has 1 unspecified atom stereocenters. The summed E-state index contributed by atoms with van der Waals surface area (Å²) < 4.78 is 8.99. The first kappa shape index (κ1) is 15.0. The van der Waals surface area contributed by atoms with Crippen LogP contribution < -0.4 is 4.90 Å². The van der Waals surface area contributed by atoms with Crippen molar-refractivity contribution in [1.29, 1.82) is 0 Å². The summed E-state index contributed by atoms with van der Waals surface area (Å²) in [5, 5.41) is 11.8. The molecule has 9 nitrogen and oxygen atoms in total. The molecular weight excluding hydrogens is 308 g/mol. The maximum atomic E-state index is 5.21. The zero-order valence-corrected chi connectivity index (χ0v) is 14.0. The van der Waals surface area contributed by atoms with Crippen molar-refractivity contribution in [2.45, 2.75) is 26.4 Å². The molecule has 0 N–H and O–H groups in total. The van der Waals surface area contributed by atoms with E-state index in [1.165, 1.54) is 0 Å². The third-order valence-corrected chi connectivity index (χ3v) is 4.53. The van der Waals surface area contributed by atoms with Gasteiger partial charge in [-0.2, -0.15) is 4.52 Å². The quantitative estimate of drug-likeness (QED) is 0.689. The Morgan fingerprint density at radius 1 is 1.25 bits per heavy atom. The summed E-state index contributed by atoms with van der Waals surface area (Å²) in [5.41, 5.74) is 0.742. The maximum Gasteiger partial charge on any atom is 0.222 e. The molecule has 126 valence electrons. The lowest BCUT2D eigenvalue weighted by atomic mass is 9.74. The minimum atomic E-state index is 0.0815. The van der Waals surface area contributed by atoms with Crippen LogP contribution in [0.1, 0.15) is 25.7 Å². The van der Waals surface area contributed by atoms with Crippen molar-refractivity contribution in [3.63, 3.8) is 0 Å². The van der Waals surface area contributed by atoms with Gasteiger partial charge in [0.05, 0.1) is 18.8 Å². The van der Waals surface area contributed by atoms with Crippen LogP contribution in [0.25, 0.3) is 5.65 Å². The lowest BCUT2D eigenvalue weighted by Crippen LogP contribution is -2.57. The van der Waals surface area contributed by atoms with Crippen molar-refractivity contribution in [1.82, 2.24) is 34.6 Å². The molecule has 1 aliphatic rings. The molecule has 4 heterocycles. The van der Waals surface area contributed by atoms with Gasteiger partial charge in [0.15, 0.2) is 5.82 Å². The van der Waals surface area contributed by atoms with Gasteiger partial charge in [-0.05, 0) is 10.4 Å². The number of nitrogens with zero attached hydrogens (tertiary/aromatic N) is 8. The smallest absolute Gasteiger partial charge is 0.222 e. The van der Waals surface area contributed by atoms with Crippen molar-refractivity contribution < 1.29 is 4.74 Å². The van der Waals surface area contributed by atoms with Crippen molar-refractivity contribution in [3.05, 3.63) is 30.6 Å². The Balaban J connectivity index is 1.73. The fraction of sp³-hybridized carbons (Fsp3) is 0.533. The third kappa shape index (κ3) is 2.23. The van der Waals surface area contributed by atoms with Crippen LogP contribution in [0.2, 0.25) is 0 Å². The number of methoxy groups -OCH3 is 1. The molecule has 0 spiro atoms. The van der Waals surface area contributed by atoms with Crippen molar-refractivity contribution in [2.75, 3.05) is 25.2 Å². The molecule has 1 fully saturated rings. The van der Waals surface area contributed by atoms with E-state index in [-0.39, 0.29) is 11.5 Å². The van der Waals surface area contributed by atoms with Crippen LogP contribution >= 0.6 is 0 Å². The Morgan fingerprint density at radius 2 is 2.08 bits per heavy atom. The first-order chi connectivity index (χ1) is 11.6. The topological polar surface area (TPSA) is 86.3 Å². The molecule has 0 saturated carbocycles. The van der Waals surface area contributed by atoms with Crippen LogP contribution in [0.3, 0.4) is 0 Å². The number of hydrogen-bond acceptors (Lipinski definition) is 7. The van der Waals surface area contributed by atoms with Gasteiger partial charge in [-0.25, -0.2) is 9.97 Å². The molecule has 1 aliphatic heterocycles. The summed E-state index contributed by atoms with van der Waals surface area (Å²) in [6.07, 6.45) is 7.30. The Morgan fingerprint density at radius 3 is 2.88 bits per heavy atom.